The number of allylic oxidation sites excluding steroid dienone is 1. The van der Waals surface area contributed by atoms with Crippen LogP contribution in [0.4, 0.5) is 4.79 Å². The van der Waals surface area contributed by atoms with E-state index in [9.17, 15) is 13.2 Å². The zero-order chi connectivity index (χ0) is 19.0. The first kappa shape index (κ1) is 19.7. The molecule has 0 spiro atoms. The molecule has 2 rings (SSSR count). The van der Waals surface area contributed by atoms with Crippen molar-refractivity contribution in [3.8, 4) is 0 Å². The number of hydrogen-bond donors (Lipinski definition) is 1. The Labute approximate surface area is 154 Å². The van der Waals surface area contributed by atoms with E-state index in [2.05, 4.69) is 6.58 Å². The highest BCUT2D eigenvalue weighted by Gasteiger charge is 2.21. The van der Waals surface area contributed by atoms with Crippen molar-refractivity contribution < 1.29 is 17.9 Å². The standard InChI is InChI=1S/C20H23NO4S/c1-3-4-10-18(15-17-8-6-5-7-9-17)25-20(22)21-26(23,24)19-13-11-16(2)12-14-19/h3,5-9,11-14,18H,1,4,10,15H2,2H3,(H,21,22). The lowest BCUT2D eigenvalue weighted by molar-refractivity contribution is 0.0982. The maximum Gasteiger partial charge on any atom is 0.421 e. The molecule has 0 aliphatic carbocycles. The van der Waals surface area contributed by atoms with E-state index in [1.54, 1.807) is 18.2 Å². The zero-order valence-corrected chi connectivity index (χ0v) is 15.5. The minimum atomic E-state index is -3.96. The van der Waals surface area contributed by atoms with Crippen LogP contribution in [-0.2, 0) is 21.2 Å². The highest BCUT2D eigenvalue weighted by atomic mass is 32.2. The molecule has 0 bridgehead atoms. The van der Waals surface area contributed by atoms with Crippen LogP contribution in [0.2, 0.25) is 0 Å². The van der Waals surface area contributed by atoms with Crippen LogP contribution in [0.3, 0.4) is 0 Å². The van der Waals surface area contributed by atoms with Gasteiger partial charge in [0.2, 0.25) is 0 Å². The third-order valence-corrected chi connectivity index (χ3v) is 5.15. The first-order chi connectivity index (χ1) is 12.4. The minimum absolute atomic E-state index is 0.0192. The number of nitrogens with one attached hydrogen (secondary N) is 1. The molecule has 0 saturated heterocycles. The molecule has 1 amide bonds. The van der Waals surface area contributed by atoms with Gasteiger partial charge in [0.15, 0.2) is 0 Å². The summed E-state index contributed by atoms with van der Waals surface area (Å²) >= 11 is 0. The van der Waals surface area contributed by atoms with Crippen molar-refractivity contribution in [2.75, 3.05) is 0 Å². The number of ether oxygens (including phenoxy) is 1. The Morgan fingerprint density at radius 2 is 1.81 bits per heavy atom. The smallest absolute Gasteiger partial charge is 0.421 e. The third kappa shape index (κ3) is 6.04. The van der Waals surface area contributed by atoms with E-state index < -0.39 is 22.2 Å². The Balaban J connectivity index is 2.03. The van der Waals surface area contributed by atoms with Gasteiger partial charge in [-0.05, 0) is 37.5 Å². The summed E-state index contributed by atoms with van der Waals surface area (Å²) < 4.78 is 31.9. The second-order valence-electron chi connectivity index (χ2n) is 6.00. The zero-order valence-electron chi connectivity index (χ0n) is 14.7. The normalized spacial score (nSPS) is 12.2. The Kier molecular flexibility index (Phi) is 6.97. The summed E-state index contributed by atoms with van der Waals surface area (Å²) in [6.45, 7) is 5.53. The van der Waals surface area contributed by atoms with E-state index >= 15 is 0 Å². The van der Waals surface area contributed by atoms with Gasteiger partial charge in [0, 0.05) is 6.42 Å². The van der Waals surface area contributed by atoms with E-state index in [0.717, 1.165) is 11.1 Å². The molecule has 6 heteroatoms. The number of benzene rings is 2. The lowest BCUT2D eigenvalue weighted by Gasteiger charge is -2.18. The molecule has 1 atom stereocenters. The molecule has 2 aromatic carbocycles. The van der Waals surface area contributed by atoms with E-state index in [-0.39, 0.29) is 4.90 Å². The van der Waals surface area contributed by atoms with Crippen LogP contribution in [0.1, 0.15) is 24.0 Å². The molecule has 1 unspecified atom stereocenters. The Morgan fingerprint density at radius 3 is 2.42 bits per heavy atom. The first-order valence-corrected chi connectivity index (χ1v) is 9.84. The molecule has 0 radical (unpaired) electrons. The van der Waals surface area contributed by atoms with Crippen molar-refractivity contribution >= 4 is 16.1 Å². The largest absolute Gasteiger partial charge is 0.445 e. The van der Waals surface area contributed by atoms with Crippen molar-refractivity contribution in [3.63, 3.8) is 0 Å². The fraction of sp³-hybridized carbons (Fsp3) is 0.250. The summed E-state index contributed by atoms with van der Waals surface area (Å²) in [5, 5.41) is 0. The monoisotopic (exact) mass is 373 g/mol. The lowest BCUT2D eigenvalue weighted by Crippen LogP contribution is -2.34. The van der Waals surface area contributed by atoms with E-state index in [1.807, 2.05) is 42.0 Å². The molecule has 5 nitrogen and oxygen atoms in total. The van der Waals surface area contributed by atoms with Crippen LogP contribution in [0.15, 0.2) is 72.1 Å². The Bertz CT molecular complexity index is 830. The molecule has 0 aliphatic rings. The minimum Gasteiger partial charge on any atom is -0.445 e. The van der Waals surface area contributed by atoms with Gasteiger partial charge in [-0.3, -0.25) is 0 Å². The van der Waals surface area contributed by atoms with Crippen molar-refractivity contribution in [1.82, 2.24) is 4.72 Å². The van der Waals surface area contributed by atoms with Gasteiger partial charge < -0.3 is 4.74 Å². The molecule has 0 aliphatic heterocycles. The molecular weight excluding hydrogens is 350 g/mol. The number of aryl methyl sites for hydroxylation is 1. The maximum atomic E-state index is 12.3. The summed E-state index contributed by atoms with van der Waals surface area (Å²) in [4.78, 5) is 12.1. The van der Waals surface area contributed by atoms with Gasteiger partial charge in [-0.25, -0.2) is 17.9 Å². The van der Waals surface area contributed by atoms with Gasteiger partial charge in [0.25, 0.3) is 10.0 Å². The van der Waals surface area contributed by atoms with Crippen molar-refractivity contribution in [1.29, 1.82) is 0 Å². The molecular formula is C20H23NO4S. The molecule has 0 aromatic heterocycles. The summed E-state index contributed by atoms with van der Waals surface area (Å²) in [6.07, 6.45) is 2.06. The van der Waals surface area contributed by atoms with Crippen molar-refractivity contribution in [3.05, 3.63) is 78.4 Å². The fourth-order valence-corrected chi connectivity index (χ4v) is 3.32. The van der Waals surface area contributed by atoms with Crippen LogP contribution < -0.4 is 4.72 Å². The lowest BCUT2D eigenvalue weighted by atomic mass is 10.0. The van der Waals surface area contributed by atoms with Crippen molar-refractivity contribution in [2.24, 2.45) is 0 Å². The molecule has 2 aromatic rings. The molecule has 1 N–H and O–H groups in total. The molecule has 26 heavy (non-hydrogen) atoms. The summed E-state index contributed by atoms with van der Waals surface area (Å²) in [6, 6.07) is 15.8. The summed E-state index contributed by atoms with van der Waals surface area (Å²) in [5.74, 6) is 0. The average Bonchev–Trinajstić information content (AvgIpc) is 2.60. The summed E-state index contributed by atoms with van der Waals surface area (Å²) in [7, 11) is -3.96. The summed E-state index contributed by atoms with van der Waals surface area (Å²) in [5.41, 5.74) is 1.94. The van der Waals surface area contributed by atoms with Gasteiger partial charge in [-0.15, -0.1) is 6.58 Å². The van der Waals surface area contributed by atoms with Crippen molar-refractivity contribution in [2.45, 2.75) is 37.2 Å². The first-order valence-electron chi connectivity index (χ1n) is 8.35. The van der Waals surface area contributed by atoms with Crippen LogP contribution in [0.25, 0.3) is 0 Å². The number of hydrogen-bond acceptors (Lipinski definition) is 4. The van der Waals surface area contributed by atoms with Crippen LogP contribution >= 0.6 is 0 Å². The average molecular weight is 373 g/mol. The van der Waals surface area contributed by atoms with Gasteiger partial charge in [0.1, 0.15) is 6.10 Å². The van der Waals surface area contributed by atoms with Crippen LogP contribution in [0, 0.1) is 6.92 Å². The third-order valence-electron chi connectivity index (χ3n) is 3.82. The topological polar surface area (TPSA) is 72.5 Å². The quantitative estimate of drug-likeness (QED) is 0.710. The molecule has 138 valence electrons. The highest BCUT2D eigenvalue weighted by Crippen LogP contribution is 2.14. The Hall–Kier alpha value is -2.60. The number of carbonyl (C=O) groups is 1. The van der Waals surface area contributed by atoms with E-state index in [1.165, 1.54) is 12.1 Å². The van der Waals surface area contributed by atoms with E-state index in [4.69, 9.17) is 4.74 Å². The fourth-order valence-electron chi connectivity index (χ4n) is 2.44. The number of sulfonamides is 1. The van der Waals surface area contributed by atoms with Crippen LogP contribution in [-0.4, -0.2) is 20.6 Å². The highest BCUT2D eigenvalue weighted by molar-refractivity contribution is 7.90. The predicted molar refractivity (Wildman–Crippen MR) is 101 cm³/mol. The van der Waals surface area contributed by atoms with Gasteiger partial charge in [-0.2, -0.15) is 0 Å². The van der Waals surface area contributed by atoms with Gasteiger partial charge >= 0.3 is 6.09 Å². The number of amides is 1. The second kappa shape index (κ2) is 9.20. The second-order valence-corrected chi connectivity index (χ2v) is 7.68. The van der Waals surface area contributed by atoms with Gasteiger partial charge in [-0.1, -0.05) is 54.1 Å². The van der Waals surface area contributed by atoms with Gasteiger partial charge in [0.05, 0.1) is 4.90 Å². The van der Waals surface area contributed by atoms with Crippen LogP contribution in [0.5, 0.6) is 0 Å². The molecule has 0 heterocycles. The molecule has 0 saturated carbocycles. The predicted octanol–water partition coefficient (Wildman–Crippen LogP) is 3.99. The van der Waals surface area contributed by atoms with E-state index in [0.29, 0.717) is 19.3 Å². The number of rotatable bonds is 8. The SMILES string of the molecule is C=CCCC(Cc1ccccc1)OC(=O)NS(=O)(=O)c1ccc(C)cc1. The maximum absolute atomic E-state index is 12.3. The molecule has 0 fully saturated rings. The Morgan fingerprint density at radius 1 is 1.15 bits per heavy atom. The number of carbonyl (C=O) groups excluding carboxylic acids is 1.